The first-order valence-corrected chi connectivity index (χ1v) is 6.21. The topological polar surface area (TPSA) is 18.5 Å². The van der Waals surface area contributed by atoms with E-state index < -0.39 is 0 Å². The van der Waals surface area contributed by atoms with E-state index in [0.717, 1.165) is 12.2 Å². The molecule has 0 aliphatic rings. The van der Waals surface area contributed by atoms with Crippen LogP contribution in [-0.4, -0.2) is 5.60 Å². The van der Waals surface area contributed by atoms with Crippen molar-refractivity contribution in [3.63, 3.8) is 0 Å². The Hall–Kier alpha value is -1.02. The van der Waals surface area contributed by atoms with Crippen LogP contribution in [0.5, 0.6) is 5.75 Å². The van der Waals surface area contributed by atoms with Crippen LogP contribution >= 0.6 is 0 Å². The van der Waals surface area contributed by atoms with Crippen molar-refractivity contribution in [2.24, 2.45) is 0 Å². The molecule has 0 saturated heterocycles. The zero-order valence-electron chi connectivity index (χ0n) is 11.8. The molecule has 0 bridgehead atoms. The Morgan fingerprint density at radius 3 is 1.88 bits per heavy atom. The fraction of sp³-hybridized carbons (Fsp3) is 0.600. The van der Waals surface area contributed by atoms with Crippen molar-refractivity contribution in [3.05, 3.63) is 29.8 Å². The molecule has 0 heterocycles. The molecule has 0 unspecified atom stereocenters. The highest BCUT2D eigenvalue weighted by molar-refractivity contribution is 5.31. The lowest BCUT2D eigenvalue weighted by molar-refractivity contribution is -0.274. The summed E-state index contributed by atoms with van der Waals surface area (Å²) in [6.45, 7) is 12.6. The minimum Gasteiger partial charge on any atom is -0.337 e. The van der Waals surface area contributed by atoms with Gasteiger partial charge in [-0.3, -0.25) is 0 Å². The summed E-state index contributed by atoms with van der Waals surface area (Å²) in [6, 6.07) is 8.12. The summed E-state index contributed by atoms with van der Waals surface area (Å²) in [5.74, 6) is 0.746. The van der Waals surface area contributed by atoms with Crippen molar-refractivity contribution in [3.8, 4) is 5.75 Å². The van der Waals surface area contributed by atoms with Crippen molar-refractivity contribution in [1.29, 1.82) is 0 Å². The monoisotopic (exact) mass is 236 g/mol. The van der Waals surface area contributed by atoms with Gasteiger partial charge in [0.05, 0.1) is 0 Å². The largest absolute Gasteiger partial charge is 0.337 e. The zero-order chi connectivity index (χ0) is 13.1. The van der Waals surface area contributed by atoms with Gasteiger partial charge in [0.1, 0.15) is 5.60 Å². The molecular weight excluding hydrogens is 212 g/mol. The van der Waals surface area contributed by atoms with E-state index in [0.29, 0.717) is 0 Å². The fourth-order valence-corrected chi connectivity index (χ4v) is 1.34. The zero-order valence-corrected chi connectivity index (χ0v) is 11.8. The lowest BCUT2D eigenvalue weighted by Crippen LogP contribution is -2.21. The van der Waals surface area contributed by atoms with Crippen molar-refractivity contribution < 1.29 is 9.78 Å². The summed E-state index contributed by atoms with van der Waals surface area (Å²) in [6.07, 6.45) is 1.12. The average molecular weight is 236 g/mol. The van der Waals surface area contributed by atoms with Crippen LogP contribution in [0, 0.1) is 0 Å². The highest BCUT2D eigenvalue weighted by atomic mass is 17.2. The van der Waals surface area contributed by atoms with Crippen LogP contribution in [0.4, 0.5) is 0 Å². The van der Waals surface area contributed by atoms with Gasteiger partial charge in [-0.05, 0) is 50.3 Å². The molecule has 0 spiro atoms. The van der Waals surface area contributed by atoms with Gasteiger partial charge in [-0.1, -0.05) is 32.9 Å². The van der Waals surface area contributed by atoms with Crippen LogP contribution in [0.1, 0.15) is 53.5 Å². The van der Waals surface area contributed by atoms with E-state index in [4.69, 9.17) is 9.78 Å². The molecule has 0 aromatic heterocycles. The van der Waals surface area contributed by atoms with Gasteiger partial charge in [-0.2, -0.15) is 4.89 Å². The maximum atomic E-state index is 5.27. The first-order valence-electron chi connectivity index (χ1n) is 6.21. The molecule has 1 rings (SSSR count). The van der Waals surface area contributed by atoms with Crippen LogP contribution in [0.2, 0.25) is 0 Å². The smallest absolute Gasteiger partial charge is 0.165 e. The molecule has 1 aromatic rings. The van der Waals surface area contributed by atoms with Crippen LogP contribution in [-0.2, 0) is 10.3 Å². The average Bonchev–Trinajstić information content (AvgIpc) is 2.26. The molecule has 0 fully saturated rings. The Morgan fingerprint density at radius 2 is 1.47 bits per heavy atom. The third kappa shape index (κ3) is 4.39. The van der Waals surface area contributed by atoms with Gasteiger partial charge in [0.2, 0.25) is 0 Å². The Balaban J connectivity index is 2.69. The summed E-state index contributed by atoms with van der Waals surface area (Å²) in [7, 11) is 0. The molecule has 0 saturated carbocycles. The number of hydrogen-bond acceptors (Lipinski definition) is 2. The molecule has 0 aliphatic carbocycles. The van der Waals surface area contributed by atoms with E-state index in [1.807, 2.05) is 32.9 Å². The first kappa shape index (κ1) is 14.0. The van der Waals surface area contributed by atoms with Gasteiger partial charge in [-0.15, -0.1) is 0 Å². The fourth-order valence-electron chi connectivity index (χ4n) is 1.34. The van der Waals surface area contributed by atoms with Crippen molar-refractivity contribution >= 4 is 0 Å². The number of benzene rings is 1. The summed E-state index contributed by atoms with van der Waals surface area (Å²) in [5, 5.41) is 0. The molecule has 1 aromatic carbocycles. The van der Waals surface area contributed by atoms with Gasteiger partial charge in [-0.25, -0.2) is 0 Å². The van der Waals surface area contributed by atoms with Crippen molar-refractivity contribution in [2.45, 2.75) is 59.0 Å². The highest BCUT2D eigenvalue weighted by Crippen LogP contribution is 2.28. The van der Waals surface area contributed by atoms with Gasteiger partial charge in [0, 0.05) is 0 Å². The minimum absolute atomic E-state index is 0.212. The second-order valence-corrected chi connectivity index (χ2v) is 6.04. The van der Waals surface area contributed by atoms with E-state index in [1.54, 1.807) is 0 Å². The van der Waals surface area contributed by atoms with Gasteiger partial charge < -0.3 is 4.89 Å². The molecule has 0 N–H and O–H groups in total. The van der Waals surface area contributed by atoms with Crippen molar-refractivity contribution in [2.75, 3.05) is 0 Å². The van der Waals surface area contributed by atoms with E-state index in [1.165, 1.54) is 5.56 Å². The lowest BCUT2D eigenvalue weighted by Gasteiger charge is -2.23. The summed E-state index contributed by atoms with van der Waals surface area (Å²) in [4.78, 5) is 10.5. The summed E-state index contributed by atoms with van der Waals surface area (Å²) in [5.41, 5.74) is 1.24. The minimum atomic E-state index is -0.290. The normalized spacial score (nSPS) is 12.6. The molecule has 0 aliphatic heterocycles. The van der Waals surface area contributed by atoms with E-state index in [2.05, 4.69) is 32.9 Å². The molecule has 17 heavy (non-hydrogen) atoms. The quantitative estimate of drug-likeness (QED) is 0.566. The van der Waals surface area contributed by atoms with E-state index in [-0.39, 0.29) is 11.0 Å². The third-order valence-corrected chi connectivity index (χ3v) is 2.91. The van der Waals surface area contributed by atoms with E-state index in [9.17, 15) is 0 Å². The SMILES string of the molecule is CCC(C)(C)c1ccc(OOC(C)(C)C)cc1. The van der Waals surface area contributed by atoms with Crippen LogP contribution in [0.15, 0.2) is 24.3 Å². The molecule has 0 atom stereocenters. The standard InChI is InChI=1S/C15H24O2/c1-7-15(5,6)12-8-10-13(11-9-12)16-17-14(2,3)4/h8-11H,7H2,1-6H3. The van der Waals surface area contributed by atoms with Crippen LogP contribution in [0.3, 0.4) is 0 Å². The summed E-state index contributed by atoms with van der Waals surface area (Å²) < 4.78 is 0. The Labute approximate surface area is 105 Å². The maximum Gasteiger partial charge on any atom is 0.165 e. The van der Waals surface area contributed by atoms with E-state index >= 15 is 0 Å². The predicted octanol–water partition coefficient (Wildman–Crippen LogP) is 4.48. The predicted molar refractivity (Wildman–Crippen MR) is 71.2 cm³/mol. The molecule has 2 heteroatoms. The van der Waals surface area contributed by atoms with Crippen LogP contribution < -0.4 is 4.89 Å². The molecule has 0 amide bonds. The van der Waals surface area contributed by atoms with Gasteiger partial charge in [0.25, 0.3) is 0 Å². The van der Waals surface area contributed by atoms with Gasteiger partial charge in [0.15, 0.2) is 5.75 Å². The molecular formula is C15H24O2. The second kappa shape index (κ2) is 5.09. The lowest BCUT2D eigenvalue weighted by atomic mass is 9.82. The number of hydrogen-bond donors (Lipinski definition) is 0. The number of rotatable bonds is 4. The Morgan fingerprint density at radius 1 is 0.941 bits per heavy atom. The summed E-state index contributed by atoms with van der Waals surface area (Å²) >= 11 is 0. The molecule has 96 valence electrons. The highest BCUT2D eigenvalue weighted by Gasteiger charge is 2.18. The first-order chi connectivity index (χ1) is 7.74. The third-order valence-electron chi connectivity index (χ3n) is 2.91. The van der Waals surface area contributed by atoms with Gasteiger partial charge >= 0.3 is 0 Å². The second-order valence-electron chi connectivity index (χ2n) is 6.04. The van der Waals surface area contributed by atoms with Crippen LogP contribution in [0.25, 0.3) is 0 Å². The molecule has 2 nitrogen and oxygen atoms in total. The Bertz CT molecular complexity index is 344. The molecule has 0 radical (unpaired) electrons. The maximum absolute atomic E-state index is 5.27. The Kier molecular flexibility index (Phi) is 4.21. The van der Waals surface area contributed by atoms with Crippen molar-refractivity contribution in [1.82, 2.24) is 0 Å².